The first-order valence-corrected chi connectivity index (χ1v) is 13.4. The van der Waals surface area contributed by atoms with Gasteiger partial charge in [0.2, 0.25) is 0 Å². The predicted octanol–water partition coefficient (Wildman–Crippen LogP) is 3.74. The summed E-state index contributed by atoms with van der Waals surface area (Å²) < 4.78 is 4.89. The van der Waals surface area contributed by atoms with Gasteiger partial charge < -0.3 is 40.2 Å². The van der Waals surface area contributed by atoms with Crippen molar-refractivity contribution >= 4 is 47.2 Å². The van der Waals surface area contributed by atoms with Gasteiger partial charge in [-0.05, 0) is 73.0 Å². The van der Waals surface area contributed by atoms with Crippen LogP contribution >= 0.6 is 11.6 Å². The smallest absolute Gasteiger partial charge is 0.453 e. The Bertz CT molecular complexity index is 1500. The molecule has 11 nitrogen and oxygen atoms in total. The van der Waals surface area contributed by atoms with Crippen LogP contribution in [0.3, 0.4) is 0 Å². The summed E-state index contributed by atoms with van der Waals surface area (Å²) in [4.78, 5) is 47.1. The second kappa shape index (κ2) is 16.7. The Morgan fingerprint density at radius 3 is 2.14 bits per heavy atom. The van der Waals surface area contributed by atoms with Gasteiger partial charge in [0.1, 0.15) is 12.6 Å². The number of carbonyl (C=O) groups excluding carboxylic acids is 3. The number of nitrogens with zero attached hydrogens (tertiary/aromatic N) is 1. The van der Waals surface area contributed by atoms with Crippen LogP contribution in [0.4, 0.5) is 5.69 Å². The summed E-state index contributed by atoms with van der Waals surface area (Å²) in [5.41, 5.74) is 2.34. The number of ether oxygens (including phenoxy) is 1. The maximum atomic E-state index is 12.2. The molecule has 12 heteroatoms. The third kappa shape index (κ3) is 11.1. The number of aldehydes is 2. The molecule has 3 rings (SSSR count). The fourth-order valence-electron chi connectivity index (χ4n) is 3.92. The van der Waals surface area contributed by atoms with E-state index in [0.717, 1.165) is 17.3 Å². The number of halogens is 1. The molecule has 0 aliphatic heterocycles. The maximum Gasteiger partial charge on any atom is 0.453 e. The van der Waals surface area contributed by atoms with Crippen molar-refractivity contribution < 1.29 is 44.3 Å². The van der Waals surface area contributed by atoms with E-state index in [2.05, 4.69) is 5.32 Å². The Balaban J connectivity index is 0.000000514. The van der Waals surface area contributed by atoms with E-state index in [1.807, 2.05) is 30.3 Å². The summed E-state index contributed by atoms with van der Waals surface area (Å²) in [6.07, 6.45) is 0.00662. The number of anilines is 1. The van der Waals surface area contributed by atoms with Crippen molar-refractivity contribution in [1.29, 1.82) is 0 Å². The molecule has 0 bridgehead atoms. The normalized spacial score (nSPS) is 12.2. The zero-order chi connectivity index (χ0) is 32.9. The average Bonchev–Trinajstić information content (AvgIpc) is 2.98. The largest absolute Gasteiger partial charge is 0.478 e. The van der Waals surface area contributed by atoms with E-state index in [9.17, 15) is 34.5 Å². The number of carboxylic acids is 1. The molecule has 0 saturated heterocycles. The molecular formula is C32H33ClN2O9. The molecule has 1 atom stereocenters. The van der Waals surface area contributed by atoms with Gasteiger partial charge in [-0.3, -0.25) is 9.59 Å². The van der Waals surface area contributed by atoms with Crippen LogP contribution in [0.1, 0.15) is 38.8 Å². The quantitative estimate of drug-likeness (QED) is 0.0468. The third-order valence-corrected chi connectivity index (χ3v) is 6.34. The third-order valence-electron chi connectivity index (χ3n) is 6.11. The van der Waals surface area contributed by atoms with Gasteiger partial charge in [0, 0.05) is 42.1 Å². The number of hydrogen-bond donors (Lipinski definition) is 5. The molecule has 0 fully saturated rings. The Morgan fingerprint density at radius 1 is 1.00 bits per heavy atom. The lowest BCUT2D eigenvalue weighted by atomic mass is 9.95. The fourth-order valence-corrected chi connectivity index (χ4v) is 4.09. The Hall–Kier alpha value is -4.81. The second-order valence-corrected chi connectivity index (χ2v) is 9.76. The van der Waals surface area contributed by atoms with Crippen LogP contribution in [-0.2, 0) is 20.7 Å². The molecule has 0 aromatic heterocycles. The van der Waals surface area contributed by atoms with Gasteiger partial charge in [-0.25, -0.2) is 4.79 Å². The van der Waals surface area contributed by atoms with Gasteiger partial charge in [-0.1, -0.05) is 41.9 Å². The van der Waals surface area contributed by atoms with E-state index in [0.29, 0.717) is 24.6 Å². The Labute approximate surface area is 259 Å². The number of Topliss-reactive ketones (excluding diaryl/α,β-unsaturated/α-hetero) is 1. The van der Waals surface area contributed by atoms with E-state index >= 15 is 0 Å². The zero-order valence-electron chi connectivity index (χ0n) is 24.2. The summed E-state index contributed by atoms with van der Waals surface area (Å²) >= 11 is 6.08. The van der Waals surface area contributed by atoms with Crippen LogP contribution in [0.15, 0.2) is 90.8 Å². The molecule has 0 aliphatic carbocycles. The van der Waals surface area contributed by atoms with Crippen LogP contribution in [0.5, 0.6) is 0 Å². The van der Waals surface area contributed by atoms with Crippen molar-refractivity contribution in [3.05, 3.63) is 118 Å². The Morgan fingerprint density at radius 2 is 1.64 bits per heavy atom. The zero-order valence-corrected chi connectivity index (χ0v) is 24.9. The monoisotopic (exact) mass is 624 g/mol. The number of ketones is 1. The van der Waals surface area contributed by atoms with Crippen molar-refractivity contribution in [3.8, 4) is 0 Å². The number of aliphatic hydroxyl groups is 3. The minimum absolute atomic E-state index is 0.0737. The molecule has 44 heavy (non-hydrogen) atoms. The van der Waals surface area contributed by atoms with Gasteiger partial charge >= 0.3 is 12.1 Å². The van der Waals surface area contributed by atoms with Crippen LogP contribution in [0.2, 0.25) is 5.02 Å². The first-order valence-electron chi connectivity index (χ1n) is 13.1. The number of likely N-dealkylation sites (N-methyl/N-ethyl adjacent to an activating group) is 1. The summed E-state index contributed by atoms with van der Waals surface area (Å²) in [5.74, 6) is -1.65. The summed E-state index contributed by atoms with van der Waals surface area (Å²) in [6.45, 7) is 1.30. The molecule has 0 heterocycles. The minimum Gasteiger partial charge on any atom is -0.478 e. The SMILES string of the molecule is CC(=O)c1ccc(Cl)cc1C(=C/C=O)/C(=C\N(C)C(C=O)Cc1ccccc1)OC(O)(O)O.CNc1ccc(C(=O)O)cc1. The highest BCUT2D eigenvalue weighted by Crippen LogP contribution is 2.31. The molecule has 0 radical (unpaired) electrons. The fraction of sp³-hybridized carbons (Fsp3) is 0.188. The van der Waals surface area contributed by atoms with E-state index in [1.54, 1.807) is 31.3 Å². The molecule has 5 N–H and O–H groups in total. The van der Waals surface area contributed by atoms with Gasteiger partial charge in [0.15, 0.2) is 11.5 Å². The van der Waals surface area contributed by atoms with Crippen LogP contribution < -0.4 is 5.32 Å². The number of hydrogen-bond acceptors (Lipinski definition) is 10. The lowest BCUT2D eigenvalue weighted by molar-refractivity contribution is -0.440. The molecule has 232 valence electrons. The highest BCUT2D eigenvalue weighted by Gasteiger charge is 2.28. The molecule has 0 spiro atoms. The molecule has 1 unspecified atom stereocenters. The average molecular weight is 625 g/mol. The molecule has 3 aromatic rings. The number of allylic oxidation sites excluding steroid dienone is 2. The van der Waals surface area contributed by atoms with E-state index in [1.165, 1.54) is 43.3 Å². The van der Waals surface area contributed by atoms with Crippen molar-refractivity contribution in [2.45, 2.75) is 25.5 Å². The van der Waals surface area contributed by atoms with Gasteiger partial charge in [-0.2, -0.15) is 0 Å². The number of rotatable bonds is 13. The molecule has 0 saturated carbocycles. The first-order chi connectivity index (χ1) is 20.8. The Kier molecular flexibility index (Phi) is 13.5. The summed E-state index contributed by atoms with van der Waals surface area (Å²) in [5, 5.41) is 40.1. The lowest BCUT2D eigenvalue weighted by Crippen LogP contribution is -2.34. The van der Waals surface area contributed by atoms with Crippen LogP contribution in [0, 0.1) is 0 Å². The second-order valence-electron chi connectivity index (χ2n) is 9.32. The highest BCUT2D eigenvalue weighted by molar-refractivity contribution is 6.31. The number of aromatic carboxylic acids is 1. The molecule has 3 aromatic carbocycles. The standard InChI is InChI=1S/C24H24ClNO7.C8H9NO2/c1-16(29)20-9-8-18(25)13-22(20)21(10-11-27)23(33-24(30,31)32)14-26(2)19(15-28)12-17-6-4-3-5-7-17;1-9-7-4-2-6(3-5-7)8(10)11/h3-11,13-15,19,30-32H,12H2,1-2H3;2-5,9H,1H3,(H,10,11)/b21-10-,23-14+;. The van der Waals surface area contributed by atoms with Crippen molar-refractivity contribution in [1.82, 2.24) is 4.90 Å². The van der Waals surface area contributed by atoms with Crippen molar-refractivity contribution in [3.63, 3.8) is 0 Å². The molecule has 0 amide bonds. The van der Waals surface area contributed by atoms with Crippen LogP contribution in [0.25, 0.3) is 5.57 Å². The van der Waals surface area contributed by atoms with Gasteiger partial charge in [0.25, 0.3) is 0 Å². The molecular weight excluding hydrogens is 592 g/mol. The number of nitrogens with one attached hydrogen (secondary N) is 1. The first kappa shape index (κ1) is 35.4. The topological polar surface area (TPSA) is 174 Å². The van der Waals surface area contributed by atoms with Gasteiger partial charge in [0.05, 0.1) is 11.6 Å². The minimum atomic E-state index is -3.61. The number of carboxylic acid groups (broad SMARTS) is 1. The van der Waals surface area contributed by atoms with E-state index < -0.39 is 23.9 Å². The van der Waals surface area contributed by atoms with Crippen LogP contribution in [-0.4, -0.2) is 75.9 Å². The predicted molar refractivity (Wildman–Crippen MR) is 165 cm³/mol. The van der Waals surface area contributed by atoms with E-state index in [4.69, 9.17) is 21.4 Å². The van der Waals surface area contributed by atoms with Gasteiger partial charge in [-0.15, -0.1) is 0 Å². The van der Waals surface area contributed by atoms with Crippen molar-refractivity contribution in [2.75, 3.05) is 19.4 Å². The molecule has 0 aliphatic rings. The lowest BCUT2D eigenvalue weighted by Gasteiger charge is -2.26. The highest BCUT2D eigenvalue weighted by atomic mass is 35.5. The number of benzene rings is 3. The summed E-state index contributed by atoms with van der Waals surface area (Å²) in [6, 6.07) is 19.4. The van der Waals surface area contributed by atoms with E-state index in [-0.39, 0.29) is 27.5 Å². The number of carbonyl (C=O) groups is 4. The summed E-state index contributed by atoms with van der Waals surface area (Å²) in [7, 11) is 3.32. The van der Waals surface area contributed by atoms with Crippen molar-refractivity contribution in [2.24, 2.45) is 0 Å². The maximum absolute atomic E-state index is 12.2.